The lowest BCUT2D eigenvalue weighted by Gasteiger charge is -2.16. The summed E-state index contributed by atoms with van der Waals surface area (Å²) in [6.45, 7) is 6.46. The molecule has 0 saturated heterocycles. The zero-order chi connectivity index (χ0) is 13.7. The van der Waals surface area contributed by atoms with Crippen molar-refractivity contribution in [1.29, 1.82) is 0 Å². The SMILES string of the molecule is CC(N=Cc1ccsc1)c1ccccc1O[SiH](C)C. The highest BCUT2D eigenvalue weighted by molar-refractivity contribution is 7.08. The molecule has 0 amide bonds. The van der Waals surface area contributed by atoms with Crippen molar-refractivity contribution in [2.24, 2.45) is 4.99 Å². The smallest absolute Gasteiger partial charge is 0.229 e. The molecule has 0 aliphatic heterocycles. The fraction of sp³-hybridized carbons (Fsp3) is 0.267. The quantitative estimate of drug-likeness (QED) is 0.594. The van der Waals surface area contributed by atoms with Crippen molar-refractivity contribution in [3.05, 3.63) is 52.2 Å². The second-order valence-corrected chi connectivity index (χ2v) is 7.83. The molecule has 100 valence electrons. The predicted octanol–water partition coefficient (Wildman–Crippen LogP) is 4.29. The van der Waals surface area contributed by atoms with Gasteiger partial charge in [-0.15, -0.1) is 0 Å². The Balaban J connectivity index is 2.16. The average molecular weight is 289 g/mol. The molecule has 0 bridgehead atoms. The molecule has 0 saturated carbocycles. The Labute approximate surface area is 120 Å². The largest absolute Gasteiger partial charge is 0.547 e. The van der Waals surface area contributed by atoms with Crippen LogP contribution in [0, 0.1) is 0 Å². The first-order valence-electron chi connectivity index (χ1n) is 6.48. The van der Waals surface area contributed by atoms with Crippen LogP contribution in [-0.4, -0.2) is 15.3 Å². The first-order valence-corrected chi connectivity index (χ1v) is 10.2. The standard InChI is InChI=1S/C15H19NOSSi/c1-12(16-10-13-8-9-18-11-13)14-6-4-5-7-15(14)17-19(2)3/h4-12,19H,1-3H3. The summed E-state index contributed by atoms with van der Waals surface area (Å²) in [6.07, 6.45) is 1.94. The highest BCUT2D eigenvalue weighted by atomic mass is 32.1. The van der Waals surface area contributed by atoms with E-state index in [-0.39, 0.29) is 6.04 Å². The molecule has 19 heavy (non-hydrogen) atoms. The van der Waals surface area contributed by atoms with Crippen LogP contribution in [0.1, 0.15) is 24.1 Å². The fourth-order valence-electron chi connectivity index (χ4n) is 1.81. The molecule has 2 aromatic rings. The molecule has 4 heteroatoms. The number of nitrogens with zero attached hydrogens (tertiary/aromatic N) is 1. The van der Waals surface area contributed by atoms with Gasteiger partial charge in [0, 0.05) is 17.3 Å². The van der Waals surface area contributed by atoms with Gasteiger partial charge in [0.15, 0.2) is 0 Å². The Kier molecular flexibility index (Phi) is 4.93. The lowest BCUT2D eigenvalue weighted by Crippen LogP contribution is -2.13. The van der Waals surface area contributed by atoms with E-state index in [1.54, 1.807) is 11.3 Å². The first-order chi connectivity index (χ1) is 9.16. The van der Waals surface area contributed by atoms with Crippen LogP contribution < -0.4 is 4.43 Å². The number of para-hydroxylation sites is 1. The van der Waals surface area contributed by atoms with E-state index in [0.717, 1.165) is 16.9 Å². The van der Waals surface area contributed by atoms with Gasteiger partial charge in [-0.3, -0.25) is 4.99 Å². The summed E-state index contributed by atoms with van der Waals surface area (Å²) in [6, 6.07) is 10.4. The number of hydrogen-bond donors (Lipinski definition) is 0. The van der Waals surface area contributed by atoms with Crippen LogP contribution in [0.25, 0.3) is 0 Å². The minimum Gasteiger partial charge on any atom is -0.547 e. The Hall–Kier alpha value is -1.39. The van der Waals surface area contributed by atoms with Gasteiger partial charge in [-0.05, 0) is 42.9 Å². The van der Waals surface area contributed by atoms with Gasteiger partial charge in [0.25, 0.3) is 0 Å². The molecule has 2 nitrogen and oxygen atoms in total. The molecule has 1 atom stereocenters. The van der Waals surface area contributed by atoms with Crippen LogP contribution in [0.3, 0.4) is 0 Å². The van der Waals surface area contributed by atoms with Crippen LogP contribution in [0.4, 0.5) is 0 Å². The summed E-state index contributed by atoms with van der Waals surface area (Å²) in [7, 11) is -1.09. The third kappa shape index (κ3) is 4.04. The van der Waals surface area contributed by atoms with Crippen molar-refractivity contribution in [2.45, 2.75) is 26.1 Å². The molecule has 1 aromatic heterocycles. The topological polar surface area (TPSA) is 21.6 Å². The van der Waals surface area contributed by atoms with Crippen LogP contribution in [0.5, 0.6) is 5.75 Å². The maximum absolute atomic E-state index is 5.97. The van der Waals surface area contributed by atoms with E-state index < -0.39 is 9.04 Å². The van der Waals surface area contributed by atoms with Crippen LogP contribution in [-0.2, 0) is 0 Å². The summed E-state index contributed by atoms with van der Waals surface area (Å²) in [4.78, 5) is 4.62. The number of hydrogen-bond acceptors (Lipinski definition) is 3. The van der Waals surface area contributed by atoms with Gasteiger partial charge in [-0.2, -0.15) is 11.3 Å². The summed E-state index contributed by atoms with van der Waals surface area (Å²) < 4.78 is 5.97. The molecule has 1 heterocycles. The van der Waals surface area contributed by atoms with Crippen LogP contribution in [0.15, 0.2) is 46.1 Å². The predicted molar refractivity (Wildman–Crippen MR) is 86.3 cm³/mol. The minimum atomic E-state index is -1.09. The molecule has 0 aliphatic carbocycles. The van der Waals surface area contributed by atoms with E-state index in [1.165, 1.54) is 0 Å². The van der Waals surface area contributed by atoms with Gasteiger partial charge >= 0.3 is 0 Å². The van der Waals surface area contributed by atoms with Crippen LogP contribution >= 0.6 is 11.3 Å². The fourth-order valence-corrected chi connectivity index (χ4v) is 3.15. The molecule has 1 aromatic carbocycles. The first kappa shape index (κ1) is 14.0. The maximum Gasteiger partial charge on any atom is 0.229 e. The Bertz CT molecular complexity index is 537. The highest BCUT2D eigenvalue weighted by Gasteiger charge is 2.10. The molecule has 1 unspecified atom stereocenters. The molecule has 2 rings (SSSR count). The molecular formula is C15H19NOSSi. The monoisotopic (exact) mass is 289 g/mol. The van der Waals surface area contributed by atoms with Gasteiger partial charge in [-0.25, -0.2) is 0 Å². The van der Waals surface area contributed by atoms with Crippen molar-refractivity contribution in [3.8, 4) is 5.75 Å². The normalized spacial score (nSPS) is 13.1. The summed E-state index contributed by atoms with van der Waals surface area (Å²) in [5.74, 6) is 0.985. The lowest BCUT2D eigenvalue weighted by atomic mass is 10.1. The van der Waals surface area contributed by atoms with E-state index >= 15 is 0 Å². The second-order valence-electron chi connectivity index (χ2n) is 4.72. The number of benzene rings is 1. The van der Waals surface area contributed by atoms with Gasteiger partial charge in [0.1, 0.15) is 5.75 Å². The maximum atomic E-state index is 5.97. The summed E-state index contributed by atoms with van der Waals surface area (Å²) in [5.41, 5.74) is 2.32. The summed E-state index contributed by atoms with van der Waals surface area (Å²) in [5, 5.41) is 4.16. The molecule has 0 aliphatic rings. The third-order valence-electron chi connectivity index (χ3n) is 2.72. The summed E-state index contributed by atoms with van der Waals surface area (Å²) >= 11 is 1.69. The minimum absolute atomic E-state index is 0.115. The molecule has 0 radical (unpaired) electrons. The van der Waals surface area contributed by atoms with Crippen molar-refractivity contribution in [3.63, 3.8) is 0 Å². The third-order valence-corrected chi connectivity index (χ3v) is 4.15. The Morgan fingerprint density at radius 1 is 1.26 bits per heavy atom. The van der Waals surface area contributed by atoms with E-state index in [1.807, 2.05) is 24.4 Å². The van der Waals surface area contributed by atoms with Gasteiger partial charge in [-0.1, -0.05) is 18.2 Å². The van der Waals surface area contributed by atoms with Crippen LogP contribution in [0.2, 0.25) is 13.1 Å². The molecule has 0 spiro atoms. The number of thiophene rings is 1. The van der Waals surface area contributed by atoms with E-state index in [2.05, 4.69) is 47.9 Å². The van der Waals surface area contributed by atoms with E-state index in [4.69, 9.17) is 4.43 Å². The molecular weight excluding hydrogens is 270 g/mol. The zero-order valence-corrected chi connectivity index (χ0v) is 13.5. The van der Waals surface area contributed by atoms with Crippen molar-refractivity contribution in [2.75, 3.05) is 0 Å². The van der Waals surface area contributed by atoms with Gasteiger partial charge in [0.2, 0.25) is 9.04 Å². The van der Waals surface area contributed by atoms with Gasteiger partial charge in [0.05, 0.1) is 6.04 Å². The molecule has 0 fully saturated rings. The van der Waals surface area contributed by atoms with Gasteiger partial charge < -0.3 is 4.43 Å². The number of aliphatic imine (C=N–C) groups is 1. The Morgan fingerprint density at radius 3 is 2.74 bits per heavy atom. The highest BCUT2D eigenvalue weighted by Crippen LogP contribution is 2.27. The van der Waals surface area contributed by atoms with E-state index in [9.17, 15) is 0 Å². The lowest BCUT2D eigenvalue weighted by molar-refractivity contribution is 0.564. The van der Waals surface area contributed by atoms with Crippen molar-refractivity contribution >= 4 is 26.6 Å². The second kappa shape index (κ2) is 6.68. The van der Waals surface area contributed by atoms with Crippen molar-refractivity contribution in [1.82, 2.24) is 0 Å². The Morgan fingerprint density at radius 2 is 2.05 bits per heavy atom. The zero-order valence-electron chi connectivity index (χ0n) is 11.5. The number of rotatable bonds is 5. The average Bonchev–Trinajstić information content (AvgIpc) is 2.89. The van der Waals surface area contributed by atoms with E-state index in [0.29, 0.717) is 0 Å². The van der Waals surface area contributed by atoms with Crippen molar-refractivity contribution < 1.29 is 4.43 Å². The molecule has 0 N–H and O–H groups in total.